The fourth-order valence-electron chi connectivity index (χ4n) is 2.48. The van der Waals surface area contributed by atoms with Gasteiger partial charge in [-0.2, -0.15) is 0 Å². The van der Waals surface area contributed by atoms with Gasteiger partial charge in [-0.1, -0.05) is 6.92 Å². The van der Waals surface area contributed by atoms with Gasteiger partial charge in [0.05, 0.1) is 0 Å². The van der Waals surface area contributed by atoms with Gasteiger partial charge in [0, 0.05) is 24.2 Å². The van der Waals surface area contributed by atoms with E-state index in [0.717, 1.165) is 24.9 Å². The Labute approximate surface area is 118 Å². The average molecular weight is 272 g/mol. The molecule has 0 spiro atoms. The maximum atomic E-state index is 12.6. The third-order valence-electron chi connectivity index (χ3n) is 3.71. The van der Waals surface area contributed by atoms with Crippen molar-refractivity contribution in [3.8, 4) is 0 Å². The summed E-state index contributed by atoms with van der Waals surface area (Å²) in [6.07, 6.45) is 3.44. The van der Waals surface area contributed by atoms with E-state index in [-0.39, 0.29) is 5.91 Å². The van der Waals surface area contributed by atoms with Crippen molar-refractivity contribution in [3.05, 3.63) is 30.0 Å². The summed E-state index contributed by atoms with van der Waals surface area (Å²) in [4.78, 5) is 14.5. The van der Waals surface area contributed by atoms with Crippen LogP contribution in [0.1, 0.15) is 36.7 Å². The monoisotopic (exact) mass is 272 g/mol. The van der Waals surface area contributed by atoms with Crippen molar-refractivity contribution in [2.45, 2.75) is 26.2 Å². The first kappa shape index (κ1) is 13.0. The second-order valence-corrected chi connectivity index (χ2v) is 5.60. The Morgan fingerprint density at radius 3 is 2.90 bits per heavy atom. The van der Waals surface area contributed by atoms with Crippen molar-refractivity contribution in [2.24, 2.45) is 5.92 Å². The van der Waals surface area contributed by atoms with E-state index in [1.807, 2.05) is 17.0 Å². The molecule has 1 aliphatic rings. The van der Waals surface area contributed by atoms with Crippen LogP contribution in [0.4, 0.5) is 5.69 Å². The molecule has 1 amide bonds. The van der Waals surface area contributed by atoms with Gasteiger partial charge in [0.2, 0.25) is 0 Å². The number of carbonyl (C=O) groups excluding carboxylic acids is 1. The van der Waals surface area contributed by atoms with Crippen LogP contribution in [0.15, 0.2) is 28.7 Å². The topological polar surface area (TPSA) is 59.5 Å². The number of nitrogens with zero attached hydrogens (tertiary/aromatic N) is 1. The van der Waals surface area contributed by atoms with Crippen molar-refractivity contribution < 1.29 is 9.21 Å². The number of nitrogens with two attached hydrogens (primary N) is 1. The van der Waals surface area contributed by atoms with Crippen molar-refractivity contribution in [2.75, 3.05) is 18.8 Å². The molecule has 1 saturated carbocycles. The Kier molecular flexibility index (Phi) is 3.38. The van der Waals surface area contributed by atoms with Crippen molar-refractivity contribution in [1.29, 1.82) is 0 Å². The largest absolute Gasteiger partial charge is 0.451 e. The molecule has 4 heteroatoms. The molecular formula is C16H20N2O2. The molecule has 2 aromatic rings. The highest BCUT2D eigenvalue weighted by Crippen LogP contribution is 2.30. The highest BCUT2D eigenvalue weighted by atomic mass is 16.3. The average Bonchev–Trinajstić information content (AvgIpc) is 3.14. The lowest BCUT2D eigenvalue weighted by molar-refractivity contribution is 0.0718. The van der Waals surface area contributed by atoms with Gasteiger partial charge >= 0.3 is 0 Å². The summed E-state index contributed by atoms with van der Waals surface area (Å²) in [6, 6.07) is 7.23. The van der Waals surface area contributed by atoms with Crippen LogP contribution in [0.2, 0.25) is 0 Å². The molecule has 0 aliphatic heterocycles. The van der Waals surface area contributed by atoms with Gasteiger partial charge in [-0.15, -0.1) is 0 Å². The first-order valence-corrected chi connectivity index (χ1v) is 7.25. The van der Waals surface area contributed by atoms with E-state index in [0.29, 0.717) is 22.9 Å². The number of anilines is 1. The summed E-state index contributed by atoms with van der Waals surface area (Å²) in [5.41, 5.74) is 7.15. The third-order valence-corrected chi connectivity index (χ3v) is 3.71. The number of rotatable bonds is 5. The van der Waals surface area contributed by atoms with Gasteiger partial charge in [-0.25, -0.2) is 0 Å². The summed E-state index contributed by atoms with van der Waals surface area (Å²) < 4.78 is 5.67. The zero-order valence-electron chi connectivity index (χ0n) is 11.8. The van der Waals surface area contributed by atoms with Crippen LogP contribution in [0, 0.1) is 5.92 Å². The van der Waals surface area contributed by atoms with Gasteiger partial charge in [0.1, 0.15) is 5.58 Å². The van der Waals surface area contributed by atoms with Crippen molar-refractivity contribution in [1.82, 2.24) is 4.90 Å². The first-order valence-electron chi connectivity index (χ1n) is 7.25. The van der Waals surface area contributed by atoms with Gasteiger partial charge in [0.15, 0.2) is 5.76 Å². The fraction of sp³-hybridized carbons (Fsp3) is 0.438. The van der Waals surface area contributed by atoms with Crippen LogP contribution < -0.4 is 5.73 Å². The van der Waals surface area contributed by atoms with Gasteiger partial charge in [0.25, 0.3) is 5.91 Å². The molecule has 1 heterocycles. The number of fused-ring (bicyclic) bond motifs is 1. The molecule has 1 aliphatic carbocycles. The van der Waals surface area contributed by atoms with Gasteiger partial charge < -0.3 is 15.1 Å². The quantitative estimate of drug-likeness (QED) is 0.850. The maximum absolute atomic E-state index is 12.6. The highest BCUT2D eigenvalue weighted by molar-refractivity contribution is 5.96. The minimum atomic E-state index is -0.00600. The third kappa shape index (κ3) is 2.64. The Bertz CT molecular complexity index is 628. The Balaban J connectivity index is 1.85. The number of nitrogen functional groups attached to an aromatic ring is 1. The molecule has 2 N–H and O–H groups in total. The zero-order chi connectivity index (χ0) is 14.1. The van der Waals surface area contributed by atoms with E-state index in [1.54, 1.807) is 12.1 Å². The lowest BCUT2D eigenvalue weighted by Gasteiger charge is -2.20. The molecule has 0 unspecified atom stereocenters. The molecule has 4 nitrogen and oxygen atoms in total. The van der Waals surface area contributed by atoms with Crippen LogP contribution >= 0.6 is 0 Å². The standard InChI is InChI=1S/C16H20N2O2/c1-2-7-18(10-11-3-4-11)16(19)15-9-12-8-13(17)5-6-14(12)20-15/h5-6,8-9,11H,2-4,7,10,17H2,1H3. The molecule has 0 radical (unpaired) electrons. The normalized spacial score (nSPS) is 14.7. The first-order chi connectivity index (χ1) is 9.67. The van der Waals surface area contributed by atoms with Crippen LogP contribution in [0.25, 0.3) is 11.0 Å². The maximum Gasteiger partial charge on any atom is 0.289 e. The fourth-order valence-corrected chi connectivity index (χ4v) is 2.48. The molecule has 20 heavy (non-hydrogen) atoms. The molecule has 0 atom stereocenters. The van der Waals surface area contributed by atoms with Crippen molar-refractivity contribution in [3.63, 3.8) is 0 Å². The molecule has 106 valence electrons. The predicted molar refractivity (Wildman–Crippen MR) is 79.5 cm³/mol. The van der Waals surface area contributed by atoms with Crippen molar-refractivity contribution >= 4 is 22.6 Å². The lowest BCUT2D eigenvalue weighted by Crippen LogP contribution is -2.33. The number of hydrogen-bond acceptors (Lipinski definition) is 3. The van der Waals surface area contributed by atoms with E-state index in [1.165, 1.54) is 12.8 Å². The Morgan fingerprint density at radius 2 is 2.20 bits per heavy atom. The van der Waals surface area contributed by atoms with E-state index in [4.69, 9.17) is 10.2 Å². The van der Waals surface area contributed by atoms with Crippen LogP contribution in [0.3, 0.4) is 0 Å². The second-order valence-electron chi connectivity index (χ2n) is 5.60. The Hall–Kier alpha value is -1.97. The van der Waals surface area contributed by atoms with Crippen LogP contribution in [-0.2, 0) is 0 Å². The van der Waals surface area contributed by atoms with E-state index in [9.17, 15) is 4.79 Å². The lowest BCUT2D eigenvalue weighted by atomic mass is 10.2. The molecule has 3 rings (SSSR count). The SMILES string of the molecule is CCCN(CC1CC1)C(=O)c1cc2cc(N)ccc2o1. The summed E-state index contributed by atoms with van der Waals surface area (Å²) in [5.74, 6) is 1.10. The van der Waals surface area contributed by atoms with Crippen LogP contribution in [0.5, 0.6) is 0 Å². The van der Waals surface area contributed by atoms with Crippen LogP contribution in [-0.4, -0.2) is 23.9 Å². The summed E-state index contributed by atoms with van der Waals surface area (Å²) in [5, 5.41) is 0.885. The van der Waals surface area contributed by atoms with E-state index >= 15 is 0 Å². The molecular weight excluding hydrogens is 252 g/mol. The van der Waals surface area contributed by atoms with Gasteiger partial charge in [-0.05, 0) is 49.4 Å². The molecule has 1 aromatic heterocycles. The zero-order valence-corrected chi connectivity index (χ0v) is 11.8. The van der Waals surface area contributed by atoms with Gasteiger partial charge in [-0.3, -0.25) is 4.79 Å². The number of carbonyl (C=O) groups is 1. The molecule has 0 saturated heterocycles. The summed E-state index contributed by atoms with van der Waals surface area (Å²) in [7, 11) is 0. The molecule has 1 aromatic carbocycles. The predicted octanol–water partition coefficient (Wildman–Crippen LogP) is 3.28. The summed E-state index contributed by atoms with van der Waals surface area (Å²) in [6.45, 7) is 3.73. The minimum Gasteiger partial charge on any atom is -0.451 e. The number of hydrogen-bond donors (Lipinski definition) is 1. The summed E-state index contributed by atoms with van der Waals surface area (Å²) >= 11 is 0. The number of benzene rings is 1. The number of furan rings is 1. The second kappa shape index (κ2) is 5.19. The van der Waals surface area contributed by atoms with E-state index < -0.39 is 0 Å². The highest BCUT2D eigenvalue weighted by Gasteiger charge is 2.28. The van der Waals surface area contributed by atoms with E-state index in [2.05, 4.69) is 6.92 Å². The smallest absolute Gasteiger partial charge is 0.289 e. The Morgan fingerprint density at radius 1 is 1.40 bits per heavy atom. The molecule has 0 bridgehead atoms. The molecule has 1 fully saturated rings. The number of amides is 1. The minimum absolute atomic E-state index is 0.00600.